The summed E-state index contributed by atoms with van der Waals surface area (Å²) in [7, 11) is 0. The smallest absolute Gasteiger partial charge is 0.221 e. The average Bonchev–Trinajstić information content (AvgIpc) is 3.05. The molecule has 0 aliphatic heterocycles. The molecule has 0 bridgehead atoms. The Morgan fingerprint density at radius 2 is 1.46 bits per heavy atom. The normalized spacial score (nSPS) is 11.9. The van der Waals surface area contributed by atoms with E-state index in [1.165, 1.54) is 0 Å². The Kier molecular flexibility index (Phi) is 9.58. The molecule has 1 heterocycles. The van der Waals surface area contributed by atoms with Crippen LogP contribution in [0.5, 0.6) is 5.75 Å². The largest absolute Gasteiger partial charge is 0.507 e. The zero-order valence-corrected chi connectivity index (χ0v) is 24.8. The van der Waals surface area contributed by atoms with E-state index in [0.717, 1.165) is 28.6 Å². The number of rotatable bonds is 8. The first-order valence-electron chi connectivity index (χ1n) is 12.7. The summed E-state index contributed by atoms with van der Waals surface area (Å²) in [6, 6.07) is 11.2. The number of imidazole rings is 1. The van der Waals surface area contributed by atoms with Gasteiger partial charge in [0, 0.05) is 36.2 Å². The second-order valence-corrected chi connectivity index (χ2v) is 11.5. The number of phenolic OH excluding ortho intramolecular Hbond substituents is 1. The summed E-state index contributed by atoms with van der Waals surface area (Å²) in [5, 5.41) is 22.7. The van der Waals surface area contributed by atoms with Crippen molar-refractivity contribution in [2.45, 2.75) is 85.2 Å². The lowest BCUT2D eigenvalue weighted by Crippen LogP contribution is -2.30. The number of carbonyl (C=O) groups excluding carboxylic acids is 2. The number of Topliss-reactive ketones (excluding diaryl/α,β-unsaturated/α-hetero) is 1. The van der Waals surface area contributed by atoms with Crippen LogP contribution in [-0.2, 0) is 28.7 Å². The molecule has 7 nitrogen and oxygen atoms in total. The molecule has 0 fully saturated rings. The predicted octanol–water partition coefficient (Wildman–Crippen LogP) is 5.60. The van der Waals surface area contributed by atoms with E-state index in [9.17, 15) is 14.7 Å². The quantitative estimate of drug-likeness (QED) is 0.306. The number of aromatic hydroxyl groups is 1. The highest BCUT2D eigenvalue weighted by molar-refractivity contribution is 8.93. The molecule has 2 aromatic carbocycles. The van der Waals surface area contributed by atoms with Gasteiger partial charge in [0.05, 0.1) is 17.6 Å². The number of aromatic nitrogens is 2. The third kappa shape index (κ3) is 6.72. The number of aryl methyl sites for hydroxylation is 1. The molecule has 37 heavy (non-hydrogen) atoms. The molecule has 0 unspecified atom stereocenters. The van der Waals surface area contributed by atoms with Crippen molar-refractivity contribution in [1.29, 1.82) is 5.41 Å². The van der Waals surface area contributed by atoms with E-state index in [-0.39, 0.29) is 63.8 Å². The molecular weight excluding hydrogens is 532 g/mol. The van der Waals surface area contributed by atoms with E-state index in [0.29, 0.717) is 18.7 Å². The first-order valence-corrected chi connectivity index (χ1v) is 12.7. The number of nitrogens with one attached hydrogen (secondary N) is 2. The van der Waals surface area contributed by atoms with Gasteiger partial charge in [0.25, 0.3) is 0 Å². The van der Waals surface area contributed by atoms with Crippen molar-refractivity contribution in [2.24, 2.45) is 0 Å². The van der Waals surface area contributed by atoms with Crippen LogP contribution >= 0.6 is 17.0 Å². The lowest BCUT2D eigenvalue weighted by Gasteiger charge is -2.28. The summed E-state index contributed by atoms with van der Waals surface area (Å²) in [6.07, 6.45) is 1.13. The summed E-state index contributed by atoms with van der Waals surface area (Å²) >= 11 is 0. The standard InChI is InChI=1S/C29H40N4O3.BrH/c1-8-14-31-25(35)13-15-32-22-11-9-10-12-23(22)33(27(32)30)18-24(34)19-16-20(28(2,3)4)26(36)21(17-19)29(5,6)7;/h9-12,16-17,30,36H,8,13-15,18H2,1-7H3,(H,31,35);1H. The molecule has 1 aromatic heterocycles. The maximum Gasteiger partial charge on any atom is 0.221 e. The topological polar surface area (TPSA) is 100 Å². The number of carbonyl (C=O) groups is 2. The van der Waals surface area contributed by atoms with Crippen LogP contribution in [0.2, 0.25) is 0 Å². The number of benzene rings is 2. The Bertz CT molecular complexity index is 1300. The van der Waals surface area contributed by atoms with Gasteiger partial charge in [-0.1, -0.05) is 60.6 Å². The Morgan fingerprint density at radius 1 is 0.946 bits per heavy atom. The van der Waals surface area contributed by atoms with E-state index in [4.69, 9.17) is 5.41 Å². The van der Waals surface area contributed by atoms with Crippen molar-refractivity contribution >= 4 is 39.7 Å². The number of halogens is 1. The van der Waals surface area contributed by atoms with Gasteiger partial charge in [0.2, 0.25) is 11.5 Å². The van der Waals surface area contributed by atoms with Crippen LogP contribution in [-0.4, -0.2) is 32.5 Å². The molecule has 1 amide bonds. The molecule has 0 atom stereocenters. The second kappa shape index (κ2) is 11.7. The first-order chi connectivity index (χ1) is 16.8. The number of hydrogen-bond donors (Lipinski definition) is 3. The summed E-state index contributed by atoms with van der Waals surface area (Å²) in [5.74, 6) is 0.0524. The Morgan fingerprint density at radius 3 is 1.95 bits per heavy atom. The molecule has 0 saturated carbocycles. The monoisotopic (exact) mass is 572 g/mol. The van der Waals surface area contributed by atoms with Gasteiger partial charge in [-0.05, 0) is 41.5 Å². The van der Waals surface area contributed by atoms with Gasteiger partial charge in [-0.15, -0.1) is 17.0 Å². The van der Waals surface area contributed by atoms with E-state index in [1.54, 1.807) is 21.3 Å². The number of ketones is 1. The van der Waals surface area contributed by atoms with Crippen LogP contribution in [0.1, 0.15) is 82.8 Å². The molecular formula is C29H41BrN4O3. The first kappa shape index (κ1) is 30.4. The van der Waals surface area contributed by atoms with Crippen molar-refractivity contribution < 1.29 is 14.7 Å². The fourth-order valence-corrected chi connectivity index (χ4v) is 4.42. The molecule has 3 N–H and O–H groups in total. The maximum atomic E-state index is 13.6. The molecule has 202 valence electrons. The second-order valence-electron chi connectivity index (χ2n) is 11.5. The highest BCUT2D eigenvalue weighted by Crippen LogP contribution is 2.40. The molecule has 0 saturated heterocycles. The van der Waals surface area contributed by atoms with Gasteiger partial charge < -0.3 is 19.6 Å². The SMILES string of the molecule is Br.CCCNC(=O)CCn1c(=N)n(CC(=O)c2cc(C(C)(C)C)c(O)c(C(C)(C)C)c2)c2ccccc21. The minimum absolute atomic E-state index is 0. The predicted molar refractivity (Wildman–Crippen MR) is 154 cm³/mol. The Balaban J connectivity index is 0.00000481. The van der Waals surface area contributed by atoms with Crippen LogP contribution < -0.4 is 10.9 Å². The highest BCUT2D eigenvalue weighted by atomic mass is 79.9. The van der Waals surface area contributed by atoms with E-state index in [1.807, 2.05) is 72.7 Å². The van der Waals surface area contributed by atoms with Crippen LogP contribution in [0, 0.1) is 5.41 Å². The third-order valence-corrected chi connectivity index (χ3v) is 6.46. The Labute approximate surface area is 230 Å². The lowest BCUT2D eigenvalue weighted by atomic mass is 9.78. The summed E-state index contributed by atoms with van der Waals surface area (Å²) in [5.41, 5.74) is 3.06. The number of phenols is 1. The molecule has 0 spiro atoms. The minimum atomic E-state index is -0.345. The van der Waals surface area contributed by atoms with Gasteiger partial charge in [-0.2, -0.15) is 0 Å². The van der Waals surface area contributed by atoms with Gasteiger partial charge in [-0.3, -0.25) is 15.0 Å². The fraction of sp³-hybridized carbons (Fsp3) is 0.483. The van der Waals surface area contributed by atoms with Gasteiger partial charge >= 0.3 is 0 Å². The summed E-state index contributed by atoms with van der Waals surface area (Å²) in [4.78, 5) is 25.8. The van der Waals surface area contributed by atoms with Crippen molar-refractivity contribution in [3.05, 3.63) is 58.7 Å². The van der Waals surface area contributed by atoms with Crippen molar-refractivity contribution in [3.63, 3.8) is 0 Å². The van der Waals surface area contributed by atoms with Gasteiger partial charge in [0.15, 0.2) is 5.78 Å². The van der Waals surface area contributed by atoms with E-state index >= 15 is 0 Å². The number of para-hydroxylation sites is 2. The molecule has 8 heteroatoms. The fourth-order valence-electron chi connectivity index (χ4n) is 4.42. The Hall–Kier alpha value is -2.87. The number of fused-ring (bicyclic) bond motifs is 1. The van der Waals surface area contributed by atoms with E-state index < -0.39 is 0 Å². The summed E-state index contributed by atoms with van der Waals surface area (Å²) in [6.45, 7) is 15.1. The molecule has 0 aliphatic rings. The van der Waals surface area contributed by atoms with Crippen LogP contribution in [0.15, 0.2) is 36.4 Å². The van der Waals surface area contributed by atoms with Crippen LogP contribution in [0.4, 0.5) is 0 Å². The highest BCUT2D eigenvalue weighted by Gasteiger charge is 2.28. The van der Waals surface area contributed by atoms with Gasteiger partial charge in [-0.25, -0.2) is 0 Å². The summed E-state index contributed by atoms with van der Waals surface area (Å²) < 4.78 is 3.48. The number of nitrogens with zero attached hydrogens (tertiary/aromatic N) is 2. The van der Waals surface area contributed by atoms with Crippen molar-refractivity contribution in [2.75, 3.05) is 6.54 Å². The molecule has 3 aromatic rings. The third-order valence-electron chi connectivity index (χ3n) is 6.46. The zero-order valence-electron chi connectivity index (χ0n) is 23.1. The zero-order chi connectivity index (χ0) is 26.8. The maximum absolute atomic E-state index is 13.6. The van der Waals surface area contributed by atoms with E-state index in [2.05, 4.69) is 5.32 Å². The lowest BCUT2D eigenvalue weighted by molar-refractivity contribution is -0.121. The molecule has 3 rings (SSSR count). The molecule has 0 aliphatic carbocycles. The number of amides is 1. The van der Waals surface area contributed by atoms with Crippen LogP contribution in [0.3, 0.4) is 0 Å². The number of hydrogen-bond acceptors (Lipinski definition) is 4. The average molecular weight is 574 g/mol. The minimum Gasteiger partial charge on any atom is -0.507 e. The van der Waals surface area contributed by atoms with Crippen molar-refractivity contribution in [3.8, 4) is 5.75 Å². The molecule has 0 radical (unpaired) electrons. The van der Waals surface area contributed by atoms with Crippen molar-refractivity contribution in [1.82, 2.24) is 14.5 Å². The van der Waals surface area contributed by atoms with Gasteiger partial charge in [0.1, 0.15) is 5.75 Å². The van der Waals surface area contributed by atoms with Crippen LogP contribution in [0.25, 0.3) is 11.0 Å².